The molecule has 1 N–H and O–H groups in total. The van der Waals surface area contributed by atoms with Crippen molar-refractivity contribution in [1.29, 1.82) is 0 Å². The van der Waals surface area contributed by atoms with Crippen LogP contribution in [-0.2, 0) is 0 Å². The summed E-state index contributed by atoms with van der Waals surface area (Å²) in [6.07, 6.45) is 1.45. The third-order valence-corrected chi connectivity index (χ3v) is 5.06. The molecule has 3 rings (SSSR count). The van der Waals surface area contributed by atoms with E-state index in [2.05, 4.69) is 15.3 Å². The summed E-state index contributed by atoms with van der Waals surface area (Å²) in [4.78, 5) is 32.2. The fourth-order valence-electron chi connectivity index (χ4n) is 1.76. The SMILES string of the molecule is CC(=O)c1cnc(NC(=O)c2csc(-c3ccc(Cl)cc3)n2)s1. The van der Waals surface area contributed by atoms with Crippen LogP contribution in [0.25, 0.3) is 10.6 Å². The molecule has 2 heterocycles. The standard InChI is InChI=1S/C15H10ClN3O2S2/c1-8(20)12-6-17-15(23-12)19-13(21)11-7-22-14(18-11)9-2-4-10(16)5-3-9/h2-7H,1H3,(H,17,19,21). The van der Waals surface area contributed by atoms with Crippen LogP contribution < -0.4 is 5.32 Å². The van der Waals surface area contributed by atoms with Gasteiger partial charge in [-0.15, -0.1) is 11.3 Å². The minimum absolute atomic E-state index is 0.0818. The molecule has 8 heteroatoms. The van der Waals surface area contributed by atoms with Crippen LogP contribution in [0.3, 0.4) is 0 Å². The fourth-order valence-corrected chi connectivity index (χ4v) is 3.40. The number of hydrogen-bond acceptors (Lipinski definition) is 6. The van der Waals surface area contributed by atoms with Gasteiger partial charge in [0.2, 0.25) is 0 Å². The Kier molecular flexibility index (Phi) is 4.51. The van der Waals surface area contributed by atoms with Crippen molar-refractivity contribution < 1.29 is 9.59 Å². The summed E-state index contributed by atoms with van der Waals surface area (Å²) >= 11 is 8.37. The number of carbonyl (C=O) groups excluding carboxylic acids is 2. The van der Waals surface area contributed by atoms with Gasteiger partial charge in [-0.05, 0) is 12.1 Å². The lowest BCUT2D eigenvalue weighted by Crippen LogP contribution is -2.11. The van der Waals surface area contributed by atoms with Crippen LogP contribution in [0.15, 0.2) is 35.8 Å². The number of nitrogens with one attached hydrogen (secondary N) is 1. The number of Topliss-reactive ketones (excluding diaryl/α,β-unsaturated/α-hetero) is 1. The summed E-state index contributed by atoms with van der Waals surface area (Å²) in [5, 5.41) is 6.08. The summed E-state index contributed by atoms with van der Waals surface area (Å²) in [7, 11) is 0. The molecule has 0 saturated heterocycles. The van der Waals surface area contributed by atoms with Crippen molar-refractivity contribution in [2.75, 3.05) is 5.32 Å². The largest absolute Gasteiger partial charge is 0.296 e. The van der Waals surface area contributed by atoms with Crippen LogP contribution in [0.5, 0.6) is 0 Å². The number of amides is 1. The second kappa shape index (κ2) is 6.57. The van der Waals surface area contributed by atoms with Crippen molar-refractivity contribution in [2.45, 2.75) is 6.92 Å². The molecule has 0 aliphatic heterocycles. The molecule has 0 unspecified atom stereocenters. The first-order chi connectivity index (χ1) is 11.0. The molecule has 116 valence electrons. The van der Waals surface area contributed by atoms with Gasteiger partial charge in [-0.3, -0.25) is 14.9 Å². The Bertz CT molecular complexity index is 871. The zero-order valence-corrected chi connectivity index (χ0v) is 14.3. The van der Waals surface area contributed by atoms with Gasteiger partial charge in [-0.1, -0.05) is 35.1 Å². The van der Waals surface area contributed by atoms with Gasteiger partial charge in [-0.2, -0.15) is 0 Å². The molecule has 0 aliphatic carbocycles. The molecule has 0 atom stereocenters. The summed E-state index contributed by atoms with van der Waals surface area (Å²) in [6.45, 7) is 1.46. The predicted molar refractivity (Wildman–Crippen MR) is 92.6 cm³/mol. The molecule has 0 radical (unpaired) electrons. The maximum Gasteiger partial charge on any atom is 0.276 e. The zero-order valence-electron chi connectivity index (χ0n) is 11.9. The van der Waals surface area contributed by atoms with Gasteiger partial charge < -0.3 is 0 Å². The zero-order chi connectivity index (χ0) is 16.4. The first-order valence-corrected chi connectivity index (χ1v) is 8.60. The quantitative estimate of drug-likeness (QED) is 0.698. The van der Waals surface area contributed by atoms with E-state index in [-0.39, 0.29) is 11.7 Å². The Labute approximate surface area is 145 Å². The van der Waals surface area contributed by atoms with Crippen molar-refractivity contribution in [3.8, 4) is 10.6 Å². The van der Waals surface area contributed by atoms with E-state index in [9.17, 15) is 9.59 Å². The van der Waals surface area contributed by atoms with Gasteiger partial charge >= 0.3 is 0 Å². The minimum atomic E-state index is -0.356. The average molecular weight is 364 g/mol. The predicted octanol–water partition coefficient (Wildman–Crippen LogP) is 4.37. The first-order valence-electron chi connectivity index (χ1n) is 6.52. The Morgan fingerprint density at radius 2 is 1.96 bits per heavy atom. The molecular formula is C15H10ClN3O2S2. The first kappa shape index (κ1) is 15.8. The number of halogens is 1. The molecule has 3 aromatic rings. The van der Waals surface area contributed by atoms with Crippen LogP contribution in [0, 0.1) is 0 Å². The van der Waals surface area contributed by atoms with Crippen LogP contribution in [-0.4, -0.2) is 21.7 Å². The average Bonchev–Trinajstić information content (AvgIpc) is 3.17. The lowest BCUT2D eigenvalue weighted by atomic mass is 10.2. The minimum Gasteiger partial charge on any atom is -0.296 e. The number of carbonyl (C=O) groups is 2. The van der Waals surface area contributed by atoms with E-state index in [0.717, 1.165) is 21.9 Å². The highest BCUT2D eigenvalue weighted by molar-refractivity contribution is 7.17. The second-order valence-electron chi connectivity index (χ2n) is 4.58. The molecule has 0 aliphatic rings. The van der Waals surface area contributed by atoms with Gasteiger partial charge in [0.25, 0.3) is 5.91 Å². The van der Waals surface area contributed by atoms with E-state index in [0.29, 0.717) is 20.7 Å². The van der Waals surface area contributed by atoms with E-state index >= 15 is 0 Å². The summed E-state index contributed by atoms with van der Waals surface area (Å²) < 4.78 is 0. The van der Waals surface area contributed by atoms with Crippen LogP contribution in [0.2, 0.25) is 5.02 Å². The van der Waals surface area contributed by atoms with Crippen LogP contribution >= 0.6 is 34.3 Å². The number of ketones is 1. The molecule has 1 amide bonds. The van der Waals surface area contributed by atoms with Crippen molar-refractivity contribution in [3.05, 3.63) is 51.4 Å². The van der Waals surface area contributed by atoms with Crippen molar-refractivity contribution in [3.63, 3.8) is 0 Å². The van der Waals surface area contributed by atoms with E-state index < -0.39 is 0 Å². The number of thiazole rings is 2. The molecule has 2 aromatic heterocycles. The Morgan fingerprint density at radius 3 is 2.61 bits per heavy atom. The number of hydrogen-bond donors (Lipinski definition) is 1. The van der Waals surface area contributed by atoms with Gasteiger partial charge in [0, 0.05) is 22.9 Å². The molecule has 0 fully saturated rings. The summed E-state index contributed by atoms with van der Waals surface area (Å²) in [5.41, 5.74) is 1.20. The molecule has 1 aromatic carbocycles. The molecule has 0 spiro atoms. The van der Waals surface area contributed by atoms with E-state index in [4.69, 9.17) is 11.6 Å². The monoisotopic (exact) mass is 363 g/mol. The smallest absolute Gasteiger partial charge is 0.276 e. The Balaban J connectivity index is 1.75. The number of aromatic nitrogens is 2. The molecule has 0 bridgehead atoms. The van der Waals surface area contributed by atoms with E-state index in [1.54, 1.807) is 17.5 Å². The van der Waals surface area contributed by atoms with Crippen LogP contribution in [0.4, 0.5) is 5.13 Å². The van der Waals surface area contributed by atoms with Crippen LogP contribution in [0.1, 0.15) is 27.1 Å². The number of anilines is 1. The number of rotatable bonds is 4. The maximum atomic E-state index is 12.2. The second-order valence-corrected chi connectivity index (χ2v) is 6.91. The third kappa shape index (κ3) is 3.64. The van der Waals surface area contributed by atoms with E-state index in [1.807, 2.05) is 12.1 Å². The highest BCUT2D eigenvalue weighted by Gasteiger charge is 2.14. The van der Waals surface area contributed by atoms with Gasteiger partial charge in [-0.25, -0.2) is 9.97 Å². The van der Waals surface area contributed by atoms with Gasteiger partial charge in [0.15, 0.2) is 10.9 Å². The van der Waals surface area contributed by atoms with E-state index in [1.165, 1.54) is 24.5 Å². The third-order valence-electron chi connectivity index (χ3n) is 2.90. The molecule has 5 nitrogen and oxygen atoms in total. The highest BCUT2D eigenvalue weighted by atomic mass is 35.5. The van der Waals surface area contributed by atoms with Crippen molar-refractivity contribution >= 4 is 51.1 Å². The lowest BCUT2D eigenvalue weighted by molar-refractivity contribution is 0.101. The number of benzene rings is 1. The Morgan fingerprint density at radius 1 is 1.22 bits per heavy atom. The summed E-state index contributed by atoms with van der Waals surface area (Å²) in [5.74, 6) is -0.437. The fraction of sp³-hybridized carbons (Fsp3) is 0.0667. The summed E-state index contributed by atoms with van der Waals surface area (Å²) in [6, 6.07) is 7.25. The topological polar surface area (TPSA) is 72.0 Å². The maximum absolute atomic E-state index is 12.2. The normalized spacial score (nSPS) is 10.5. The number of nitrogens with zero attached hydrogens (tertiary/aromatic N) is 2. The van der Waals surface area contributed by atoms with Gasteiger partial charge in [0.05, 0.1) is 11.1 Å². The molecule has 0 saturated carbocycles. The van der Waals surface area contributed by atoms with Crippen molar-refractivity contribution in [2.24, 2.45) is 0 Å². The lowest BCUT2D eigenvalue weighted by Gasteiger charge is -1.98. The highest BCUT2D eigenvalue weighted by Crippen LogP contribution is 2.26. The van der Waals surface area contributed by atoms with Crippen molar-refractivity contribution in [1.82, 2.24) is 9.97 Å². The molecular weight excluding hydrogens is 354 g/mol. The van der Waals surface area contributed by atoms with Gasteiger partial charge in [0.1, 0.15) is 10.7 Å². The molecule has 23 heavy (non-hydrogen) atoms. The Hall–Kier alpha value is -2.09.